The van der Waals surface area contributed by atoms with Gasteiger partial charge in [0.2, 0.25) is 17.6 Å². The maximum absolute atomic E-state index is 13.3. The number of amides is 2. The van der Waals surface area contributed by atoms with Gasteiger partial charge >= 0.3 is 5.97 Å². The van der Waals surface area contributed by atoms with E-state index in [4.69, 9.17) is 4.74 Å². The van der Waals surface area contributed by atoms with Gasteiger partial charge in [0, 0.05) is 5.56 Å². The standard InChI is InChI=1S/C27H23NO5/c1-14(24(29)15-6-3-2-4-7-15)33-27(32)16-8-5-9-17(12-16)28-25(30)22-18-10-11-19(21-13-20(18)21)23(22)26(28)31/h2-12,14,18-23H,13H2,1H3/t14-,18+,19+,20+,21+,22-,23-/m0/s1. The molecule has 2 aromatic carbocycles. The number of ether oxygens (including phenoxy) is 1. The molecule has 2 amide bonds. The van der Waals surface area contributed by atoms with Crippen LogP contribution in [0.2, 0.25) is 0 Å². The van der Waals surface area contributed by atoms with Crippen molar-refractivity contribution in [1.82, 2.24) is 0 Å². The number of allylic oxidation sites excluding steroid dienone is 2. The molecular weight excluding hydrogens is 418 g/mol. The lowest BCUT2D eigenvalue weighted by molar-refractivity contribution is -0.124. The Balaban J connectivity index is 1.22. The quantitative estimate of drug-likeness (QED) is 0.306. The number of ketones is 1. The van der Waals surface area contributed by atoms with E-state index in [2.05, 4.69) is 12.2 Å². The number of anilines is 1. The molecule has 6 nitrogen and oxygen atoms in total. The minimum absolute atomic E-state index is 0.143. The zero-order chi connectivity index (χ0) is 22.9. The first-order valence-corrected chi connectivity index (χ1v) is 11.4. The second-order valence-corrected chi connectivity index (χ2v) is 9.49. The maximum atomic E-state index is 13.3. The van der Waals surface area contributed by atoms with Crippen molar-refractivity contribution >= 4 is 29.3 Å². The fourth-order valence-corrected chi connectivity index (χ4v) is 6.10. The van der Waals surface area contributed by atoms with Crippen molar-refractivity contribution in [3.63, 3.8) is 0 Å². The van der Waals surface area contributed by atoms with E-state index in [1.54, 1.807) is 48.5 Å². The lowest BCUT2D eigenvalue weighted by Gasteiger charge is -2.37. The van der Waals surface area contributed by atoms with Crippen LogP contribution >= 0.6 is 0 Å². The summed E-state index contributed by atoms with van der Waals surface area (Å²) >= 11 is 0. The Kier molecular flexibility index (Phi) is 4.41. The lowest BCUT2D eigenvalue weighted by Crippen LogP contribution is -2.40. The molecule has 7 rings (SSSR count). The third-order valence-corrected chi connectivity index (χ3v) is 7.71. The topological polar surface area (TPSA) is 80.8 Å². The first-order chi connectivity index (χ1) is 16.0. The molecule has 2 aromatic rings. The Labute approximate surface area is 191 Å². The van der Waals surface area contributed by atoms with Crippen LogP contribution in [-0.4, -0.2) is 29.7 Å². The van der Waals surface area contributed by atoms with Gasteiger partial charge in [-0.15, -0.1) is 0 Å². The van der Waals surface area contributed by atoms with Crippen LogP contribution in [0.1, 0.15) is 34.1 Å². The van der Waals surface area contributed by atoms with Gasteiger partial charge in [0.15, 0.2) is 6.10 Å². The number of carbonyl (C=O) groups is 4. The SMILES string of the molecule is C[C@H](OC(=O)c1cccc(N2C(=O)[C@H]3[C@@H]4C=C[C@H]([C@H]5C[C@H]45)[C@@H]3C2=O)c1)C(=O)c1ccccc1. The van der Waals surface area contributed by atoms with E-state index in [1.807, 2.05) is 0 Å². The third-order valence-electron chi connectivity index (χ3n) is 7.71. The highest BCUT2D eigenvalue weighted by molar-refractivity contribution is 6.23. The maximum Gasteiger partial charge on any atom is 0.338 e. The largest absolute Gasteiger partial charge is 0.451 e. The van der Waals surface area contributed by atoms with Crippen molar-refractivity contribution in [2.75, 3.05) is 4.90 Å². The minimum Gasteiger partial charge on any atom is -0.451 e. The summed E-state index contributed by atoms with van der Waals surface area (Å²) in [5, 5.41) is 0. The van der Waals surface area contributed by atoms with Gasteiger partial charge in [0.25, 0.3) is 0 Å². The highest BCUT2D eigenvalue weighted by atomic mass is 16.5. The predicted molar refractivity (Wildman–Crippen MR) is 119 cm³/mol. The smallest absolute Gasteiger partial charge is 0.338 e. The average molecular weight is 441 g/mol. The number of esters is 1. The number of benzene rings is 2. The van der Waals surface area contributed by atoms with E-state index in [1.165, 1.54) is 17.9 Å². The highest BCUT2D eigenvalue weighted by Gasteiger charge is 2.67. The number of imide groups is 1. The van der Waals surface area contributed by atoms with Gasteiger partial charge in [-0.3, -0.25) is 14.4 Å². The van der Waals surface area contributed by atoms with Gasteiger partial charge in [-0.1, -0.05) is 48.6 Å². The predicted octanol–water partition coefficient (Wildman–Crippen LogP) is 3.67. The van der Waals surface area contributed by atoms with Gasteiger partial charge in [0.1, 0.15) is 0 Å². The van der Waals surface area contributed by atoms with E-state index in [0.717, 1.165) is 6.42 Å². The molecule has 0 N–H and O–H groups in total. The number of hydrogen-bond donors (Lipinski definition) is 0. The monoisotopic (exact) mass is 441 g/mol. The fraction of sp³-hybridized carbons (Fsp3) is 0.333. The molecule has 0 unspecified atom stereocenters. The Hall–Kier alpha value is -3.54. The van der Waals surface area contributed by atoms with Crippen LogP contribution in [-0.2, 0) is 14.3 Å². The molecule has 2 saturated carbocycles. The molecule has 0 radical (unpaired) electrons. The summed E-state index contributed by atoms with van der Waals surface area (Å²) in [6.45, 7) is 1.53. The summed E-state index contributed by atoms with van der Waals surface area (Å²) in [5.74, 6) is -0.560. The number of nitrogens with zero attached hydrogens (tertiary/aromatic N) is 1. The minimum atomic E-state index is -0.963. The van der Waals surface area contributed by atoms with Crippen LogP contribution in [0.15, 0.2) is 66.7 Å². The second kappa shape index (κ2) is 7.24. The molecule has 7 atom stereocenters. The van der Waals surface area contributed by atoms with Gasteiger partial charge in [0.05, 0.1) is 23.1 Å². The molecule has 1 saturated heterocycles. The van der Waals surface area contributed by atoms with Crippen molar-refractivity contribution in [3.8, 4) is 0 Å². The summed E-state index contributed by atoms with van der Waals surface area (Å²) in [6, 6.07) is 15.0. The van der Waals surface area contributed by atoms with Gasteiger partial charge in [-0.25, -0.2) is 9.69 Å². The Morgan fingerprint density at radius 3 is 2.12 bits per heavy atom. The highest BCUT2D eigenvalue weighted by Crippen LogP contribution is 2.65. The first kappa shape index (κ1) is 20.1. The molecule has 1 heterocycles. The third kappa shape index (κ3) is 3.00. The molecule has 6 heteroatoms. The van der Waals surface area contributed by atoms with E-state index < -0.39 is 12.1 Å². The van der Waals surface area contributed by atoms with E-state index >= 15 is 0 Å². The van der Waals surface area contributed by atoms with Crippen molar-refractivity contribution in [2.45, 2.75) is 19.4 Å². The molecule has 33 heavy (non-hydrogen) atoms. The van der Waals surface area contributed by atoms with Crippen LogP contribution in [0.5, 0.6) is 0 Å². The summed E-state index contributed by atoms with van der Waals surface area (Å²) in [7, 11) is 0. The lowest BCUT2D eigenvalue weighted by atomic mass is 9.63. The molecule has 1 aliphatic heterocycles. The van der Waals surface area contributed by atoms with Gasteiger partial charge < -0.3 is 4.74 Å². The van der Waals surface area contributed by atoms with Crippen LogP contribution in [0.3, 0.4) is 0 Å². The first-order valence-electron chi connectivity index (χ1n) is 11.4. The Morgan fingerprint density at radius 2 is 1.48 bits per heavy atom. The Morgan fingerprint density at radius 1 is 0.879 bits per heavy atom. The van der Waals surface area contributed by atoms with Crippen LogP contribution in [0.4, 0.5) is 5.69 Å². The van der Waals surface area contributed by atoms with Crippen molar-refractivity contribution in [2.24, 2.45) is 35.5 Å². The molecule has 3 fully saturated rings. The zero-order valence-corrected chi connectivity index (χ0v) is 18.1. The number of hydrogen-bond acceptors (Lipinski definition) is 5. The van der Waals surface area contributed by atoms with Crippen molar-refractivity contribution < 1.29 is 23.9 Å². The summed E-state index contributed by atoms with van der Waals surface area (Å²) in [5.41, 5.74) is 1.03. The molecular formula is C27H23NO5. The fourth-order valence-electron chi connectivity index (χ4n) is 6.10. The second-order valence-electron chi connectivity index (χ2n) is 9.49. The van der Waals surface area contributed by atoms with E-state index in [-0.39, 0.29) is 46.8 Å². The number of rotatable bonds is 5. The molecule has 166 valence electrons. The summed E-state index contributed by atoms with van der Waals surface area (Å²) in [6.07, 6.45) is 4.41. The molecule has 2 bridgehead atoms. The van der Waals surface area contributed by atoms with Crippen molar-refractivity contribution in [3.05, 3.63) is 77.9 Å². The molecule has 5 aliphatic rings. The summed E-state index contributed by atoms with van der Waals surface area (Å²) in [4.78, 5) is 53.2. The Bertz CT molecular complexity index is 1180. The number of Topliss-reactive ketones (excluding diaryl/α,β-unsaturated/α-hetero) is 1. The average Bonchev–Trinajstić information content (AvgIpc) is 3.62. The van der Waals surface area contributed by atoms with Crippen LogP contribution < -0.4 is 4.90 Å². The van der Waals surface area contributed by atoms with Gasteiger partial charge in [-0.05, 0) is 55.2 Å². The van der Waals surface area contributed by atoms with E-state index in [0.29, 0.717) is 23.1 Å². The molecule has 4 aliphatic carbocycles. The number of carbonyl (C=O) groups excluding carboxylic acids is 4. The zero-order valence-electron chi connectivity index (χ0n) is 18.1. The molecule has 0 spiro atoms. The molecule has 0 aromatic heterocycles. The van der Waals surface area contributed by atoms with E-state index in [9.17, 15) is 19.2 Å². The van der Waals surface area contributed by atoms with Crippen LogP contribution in [0, 0.1) is 35.5 Å². The van der Waals surface area contributed by atoms with Crippen molar-refractivity contribution in [1.29, 1.82) is 0 Å². The van der Waals surface area contributed by atoms with Crippen LogP contribution in [0.25, 0.3) is 0 Å². The summed E-state index contributed by atoms with van der Waals surface area (Å²) < 4.78 is 5.40. The van der Waals surface area contributed by atoms with Gasteiger partial charge in [-0.2, -0.15) is 0 Å². The normalized spacial score (nSPS) is 31.7.